The van der Waals surface area contributed by atoms with Gasteiger partial charge < -0.3 is 14.8 Å². The maximum Gasteiger partial charge on any atom is 0.337 e. The number of benzene rings is 2. The molecule has 0 aliphatic carbocycles. The number of nitrogens with one attached hydrogen (secondary N) is 1. The van der Waals surface area contributed by atoms with E-state index in [4.69, 9.17) is 4.74 Å². The van der Waals surface area contributed by atoms with Crippen molar-refractivity contribution in [2.24, 2.45) is 0 Å². The van der Waals surface area contributed by atoms with E-state index in [9.17, 15) is 18.0 Å². The van der Waals surface area contributed by atoms with Crippen molar-refractivity contribution in [3.05, 3.63) is 54.1 Å². The molecule has 9 heteroatoms. The highest BCUT2D eigenvalue weighted by Gasteiger charge is 2.29. The van der Waals surface area contributed by atoms with Gasteiger partial charge in [0.15, 0.2) is 0 Å². The molecule has 0 saturated heterocycles. The monoisotopic (exact) mass is 406 g/mol. The van der Waals surface area contributed by atoms with Crippen LogP contribution >= 0.6 is 0 Å². The van der Waals surface area contributed by atoms with Gasteiger partial charge in [-0.2, -0.15) is 0 Å². The lowest BCUT2D eigenvalue weighted by molar-refractivity contribution is -0.116. The summed E-state index contributed by atoms with van der Waals surface area (Å²) in [6.45, 7) is 1.48. The van der Waals surface area contributed by atoms with Crippen molar-refractivity contribution in [1.29, 1.82) is 0 Å². The Morgan fingerprint density at radius 1 is 1.07 bits per heavy atom. The van der Waals surface area contributed by atoms with E-state index in [-0.39, 0.29) is 5.56 Å². The first-order valence-corrected chi connectivity index (χ1v) is 10.1. The summed E-state index contributed by atoms with van der Waals surface area (Å²) in [6, 6.07) is 11.5. The average Bonchev–Trinajstić information content (AvgIpc) is 2.67. The largest absolute Gasteiger partial charge is 0.497 e. The van der Waals surface area contributed by atoms with Crippen LogP contribution in [0, 0.1) is 0 Å². The summed E-state index contributed by atoms with van der Waals surface area (Å²) in [5.74, 6) is -0.530. The molecule has 1 N–H and O–H groups in total. The number of carbonyl (C=O) groups is 2. The first-order valence-electron chi connectivity index (χ1n) is 8.30. The molecule has 0 unspecified atom stereocenters. The van der Waals surface area contributed by atoms with Gasteiger partial charge in [0.2, 0.25) is 15.9 Å². The van der Waals surface area contributed by atoms with E-state index < -0.39 is 27.9 Å². The average molecular weight is 406 g/mol. The Morgan fingerprint density at radius 2 is 1.71 bits per heavy atom. The number of rotatable bonds is 7. The minimum atomic E-state index is -3.74. The second-order valence-corrected chi connectivity index (χ2v) is 7.85. The molecular formula is C19H22N2O6S. The molecule has 2 aromatic rings. The molecule has 150 valence electrons. The number of sulfonamides is 1. The normalized spacial score (nSPS) is 12.0. The van der Waals surface area contributed by atoms with E-state index in [1.54, 1.807) is 42.5 Å². The molecule has 1 atom stereocenters. The molecule has 0 spiro atoms. The highest BCUT2D eigenvalue weighted by atomic mass is 32.2. The number of methoxy groups -OCH3 is 2. The Labute approximate surface area is 164 Å². The quantitative estimate of drug-likeness (QED) is 0.708. The van der Waals surface area contributed by atoms with Crippen molar-refractivity contribution in [1.82, 2.24) is 0 Å². The van der Waals surface area contributed by atoms with Gasteiger partial charge in [0, 0.05) is 5.69 Å². The molecule has 2 rings (SSSR count). The first-order chi connectivity index (χ1) is 13.2. The number of hydrogen-bond acceptors (Lipinski definition) is 6. The summed E-state index contributed by atoms with van der Waals surface area (Å²) in [6.07, 6.45) is 1.03. The molecule has 0 bridgehead atoms. The topological polar surface area (TPSA) is 102 Å². The summed E-state index contributed by atoms with van der Waals surface area (Å²) >= 11 is 0. The Morgan fingerprint density at radius 3 is 2.25 bits per heavy atom. The molecular weight excluding hydrogens is 384 g/mol. The van der Waals surface area contributed by atoms with Gasteiger partial charge in [0.1, 0.15) is 11.8 Å². The van der Waals surface area contributed by atoms with Crippen molar-refractivity contribution in [2.75, 3.05) is 30.1 Å². The molecule has 0 fully saturated rings. The van der Waals surface area contributed by atoms with Crippen molar-refractivity contribution in [2.45, 2.75) is 13.0 Å². The third-order valence-electron chi connectivity index (χ3n) is 3.97. The fourth-order valence-electron chi connectivity index (χ4n) is 2.63. The summed E-state index contributed by atoms with van der Waals surface area (Å²) in [5, 5.41) is 2.63. The number of hydrogen-bond donors (Lipinski definition) is 1. The first kappa shape index (κ1) is 21.2. The molecule has 2 aromatic carbocycles. The van der Waals surface area contributed by atoms with Crippen LogP contribution in [0.15, 0.2) is 48.5 Å². The SMILES string of the molecule is COC(=O)c1cccc(NC(=O)[C@@H](C)N(c2ccc(OC)cc2)S(C)(=O)=O)c1. The Balaban J connectivity index is 2.28. The number of ether oxygens (including phenoxy) is 2. The van der Waals surface area contributed by atoms with E-state index in [0.29, 0.717) is 17.1 Å². The Hall–Kier alpha value is -3.07. The van der Waals surface area contributed by atoms with Crippen LogP contribution in [0.25, 0.3) is 0 Å². The Kier molecular flexibility index (Phi) is 6.63. The lowest BCUT2D eigenvalue weighted by Gasteiger charge is -2.28. The lowest BCUT2D eigenvalue weighted by Crippen LogP contribution is -2.45. The number of esters is 1. The second-order valence-electron chi connectivity index (χ2n) is 5.99. The zero-order valence-electron chi connectivity index (χ0n) is 16.0. The van der Waals surface area contributed by atoms with Crippen molar-refractivity contribution in [3.8, 4) is 5.75 Å². The molecule has 0 heterocycles. The molecule has 8 nitrogen and oxygen atoms in total. The van der Waals surface area contributed by atoms with Crippen molar-refractivity contribution in [3.63, 3.8) is 0 Å². The molecule has 0 aliphatic heterocycles. The van der Waals surface area contributed by atoms with Crippen LogP contribution in [0.3, 0.4) is 0 Å². The third-order valence-corrected chi connectivity index (χ3v) is 5.21. The number of amides is 1. The van der Waals surface area contributed by atoms with Crippen molar-refractivity contribution >= 4 is 33.3 Å². The molecule has 1 amide bonds. The van der Waals surface area contributed by atoms with Gasteiger partial charge in [-0.25, -0.2) is 13.2 Å². The van der Waals surface area contributed by atoms with Gasteiger partial charge in [-0.15, -0.1) is 0 Å². The van der Waals surface area contributed by atoms with E-state index in [1.165, 1.54) is 27.2 Å². The van der Waals surface area contributed by atoms with Gasteiger partial charge in [-0.05, 0) is 49.4 Å². The van der Waals surface area contributed by atoms with E-state index >= 15 is 0 Å². The molecule has 0 saturated carbocycles. The standard InChI is InChI=1S/C19H22N2O6S/c1-13(18(22)20-15-7-5-6-14(12-15)19(23)27-3)21(28(4,24)25)16-8-10-17(26-2)11-9-16/h5-13H,1-4H3,(H,20,22)/t13-/m1/s1. The second kappa shape index (κ2) is 8.75. The fraction of sp³-hybridized carbons (Fsp3) is 0.263. The number of anilines is 2. The predicted octanol–water partition coefficient (Wildman–Crippen LogP) is 2.28. The third kappa shape index (κ3) is 5.01. The van der Waals surface area contributed by atoms with Gasteiger partial charge in [0.25, 0.3) is 0 Å². The van der Waals surface area contributed by atoms with E-state index in [1.807, 2.05) is 0 Å². The van der Waals surface area contributed by atoms with Gasteiger partial charge >= 0.3 is 5.97 Å². The molecule has 28 heavy (non-hydrogen) atoms. The number of carbonyl (C=O) groups excluding carboxylic acids is 2. The van der Waals surface area contributed by atoms with Crippen LogP contribution < -0.4 is 14.4 Å². The van der Waals surface area contributed by atoms with Crippen LogP contribution in [0.2, 0.25) is 0 Å². The van der Waals surface area contributed by atoms with Crippen LogP contribution in [0.1, 0.15) is 17.3 Å². The van der Waals surface area contributed by atoms with Gasteiger partial charge in [-0.3, -0.25) is 9.10 Å². The lowest BCUT2D eigenvalue weighted by atomic mass is 10.2. The Bertz CT molecular complexity index is 957. The molecule has 0 aliphatic rings. The number of nitrogens with zero attached hydrogens (tertiary/aromatic N) is 1. The summed E-state index contributed by atoms with van der Waals surface area (Å²) < 4.78 is 35.4. The van der Waals surface area contributed by atoms with Gasteiger partial charge in [0.05, 0.1) is 31.7 Å². The van der Waals surface area contributed by atoms with Crippen molar-refractivity contribution < 1.29 is 27.5 Å². The summed E-state index contributed by atoms with van der Waals surface area (Å²) in [5.41, 5.74) is 0.945. The van der Waals surface area contributed by atoms with Crippen LogP contribution in [0.4, 0.5) is 11.4 Å². The minimum absolute atomic E-state index is 0.267. The fourth-order valence-corrected chi connectivity index (χ4v) is 3.80. The van der Waals surface area contributed by atoms with E-state index in [0.717, 1.165) is 10.6 Å². The summed E-state index contributed by atoms with van der Waals surface area (Å²) in [7, 11) is -0.982. The summed E-state index contributed by atoms with van der Waals surface area (Å²) in [4.78, 5) is 24.3. The molecule has 0 aromatic heterocycles. The zero-order chi connectivity index (χ0) is 20.9. The smallest absolute Gasteiger partial charge is 0.337 e. The minimum Gasteiger partial charge on any atom is -0.497 e. The van der Waals surface area contributed by atoms with Crippen LogP contribution in [-0.4, -0.2) is 46.8 Å². The maximum atomic E-state index is 12.7. The zero-order valence-corrected chi connectivity index (χ0v) is 16.8. The highest BCUT2D eigenvalue weighted by Crippen LogP contribution is 2.24. The van der Waals surface area contributed by atoms with Gasteiger partial charge in [-0.1, -0.05) is 6.07 Å². The van der Waals surface area contributed by atoms with E-state index in [2.05, 4.69) is 10.1 Å². The molecule has 0 radical (unpaired) electrons. The van der Waals surface area contributed by atoms with Crippen LogP contribution in [0.5, 0.6) is 5.75 Å². The predicted molar refractivity (Wildman–Crippen MR) is 106 cm³/mol. The highest BCUT2D eigenvalue weighted by molar-refractivity contribution is 7.92. The van der Waals surface area contributed by atoms with Crippen LogP contribution in [-0.2, 0) is 19.6 Å². The maximum absolute atomic E-state index is 12.7.